The van der Waals surface area contributed by atoms with Gasteiger partial charge in [0.15, 0.2) is 5.82 Å². The van der Waals surface area contributed by atoms with Crippen LogP contribution in [0.2, 0.25) is 0 Å². The second-order valence-electron chi connectivity index (χ2n) is 3.93. The van der Waals surface area contributed by atoms with Gasteiger partial charge in [0.1, 0.15) is 0 Å². The van der Waals surface area contributed by atoms with Crippen LogP contribution in [-0.2, 0) is 6.42 Å². The number of nitrogens with two attached hydrogens (primary N) is 1. The first kappa shape index (κ1) is 8.62. The molecule has 0 amide bonds. The van der Waals surface area contributed by atoms with Crippen molar-refractivity contribution in [2.45, 2.75) is 44.1 Å². The average molecular weight is 181 g/mol. The van der Waals surface area contributed by atoms with Crippen molar-refractivity contribution in [2.75, 3.05) is 0 Å². The molecule has 2 rings (SSSR count). The molecule has 0 bridgehead atoms. The number of hydrogen-bond donors (Lipinski definition) is 2. The Morgan fingerprint density at radius 3 is 2.69 bits per heavy atom. The summed E-state index contributed by atoms with van der Waals surface area (Å²) in [5.74, 6) is 0.740. The van der Waals surface area contributed by atoms with E-state index in [1.807, 2.05) is 0 Å². The van der Waals surface area contributed by atoms with Crippen LogP contribution < -0.4 is 5.73 Å². The first-order valence-electron chi connectivity index (χ1n) is 4.80. The van der Waals surface area contributed by atoms with Crippen molar-refractivity contribution in [1.29, 1.82) is 0 Å². The van der Waals surface area contributed by atoms with Gasteiger partial charge in [-0.1, -0.05) is 24.5 Å². The van der Waals surface area contributed by atoms with E-state index in [2.05, 4.69) is 20.6 Å². The zero-order valence-corrected chi connectivity index (χ0v) is 7.66. The Kier molecular flexibility index (Phi) is 2.26. The van der Waals surface area contributed by atoms with E-state index in [0.717, 1.165) is 25.1 Å². The molecule has 0 aromatic carbocycles. The number of nitrogens with one attached hydrogen (secondary N) is 1. The largest absolute Gasteiger partial charge is 0.325 e. The Morgan fingerprint density at radius 2 is 2.08 bits per heavy atom. The molecule has 0 spiro atoms. The predicted molar refractivity (Wildman–Crippen MR) is 47.9 cm³/mol. The average Bonchev–Trinajstić information content (AvgIpc) is 2.57. The van der Waals surface area contributed by atoms with Gasteiger partial charge in [-0.2, -0.15) is 5.21 Å². The van der Waals surface area contributed by atoms with Gasteiger partial charge < -0.3 is 5.73 Å². The summed E-state index contributed by atoms with van der Waals surface area (Å²) in [6.07, 6.45) is 6.69. The highest BCUT2D eigenvalue weighted by molar-refractivity contribution is 4.95. The molecule has 5 nitrogen and oxygen atoms in total. The summed E-state index contributed by atoms with van der Waals surface area (Å²) >= 11 is 0. The van der Waals surface area contributed by atoms with Crippen LogP contribution in [0.15, 0.2) is 0 Å². The summed E-state index contributed by atoms with van der Waals surface area (Å²) in [4.78, 5) is 0. The molecule has 1 fully saturated rings. The molecule has 0 saturated heterocycles. The van der Waals surface area contributed by atoms with Gasteiger partial charge in [0, 0.05) is 12.0 Å². The highest BCUT2D eigenvalue weighted by atomic mass is 15.5. The van der Waals surface area contributed by atoms with Gasteiger partial charge in [-0.3, -0.25) is 0 Å². The van der Waals surface area contributed by atoms with Crippen LogP contribution in [0.4, 0.5) is 0 Å². The van der Waals surface area contributed by atoms with Crippen LogP contribution >= 0.6 is 0 Å². The Labute approximate surface area is 77.1 Å². The molecule has 1 heterocycles. The van der Waals surface area contributed by atoms with Crippen molar-refractivity contribution in [3.63, 3.8) is 0 Å². The Bertz CT molecular complexity index is 250. The number of H-pyrrole nitrogens is 1. The SMILES string of the molecule is NC1(Cc2nn[nH]n2)CCCCC1. The topological polar surface area (TPSA) is 80.5 Å². The molecule has 1 aromatic rings. The molecule has 0 radical (unpaired) electrons. The van der Waals surface area contributed by atoms with Crippen molar-refractivity contribution in [3.05, 3.63) is 5.82 Å². The van der Waals surface area contributed by atoms with Crippen LogP contribution in [0.1, 0.15) is 37.9 Å². The highest BCUT2D eigenvalue weighted by Crippen LogP contribution is 2.27. The maximum absolute atomic E-state index is 6.23. The fourth-order valence-corrected chi connectivity index (χ4v) is 2.00. The fraction of sp³-hybridized carbons (Fsp3) is 0.875. The monoisotopic (exact) mass is 181 g/mol. The quantitative estimate of drug-likeness (QED) is 0.692. The molecule has 0 aliphatic heterocycles. The number of rotatable bonds is 2. The van der Waals surface area contributed by atoms with Crippen LogP contribution in [0.5, 0.6) is 0 Å². The highest BCUT2D eigenvalue weighted by Gasteiger charge is 2.28. The van der Waals surface area contributed by atoms with Crippen LogP contribution in [0.3, 0.4) is 0 Å². The predicted octanol–water partition coefficient (Wildman–Crippen LogP) is 0.404. The van der Waals surface area contributed by atoms with Crippen LogP contribution in [-0.4, -0.2) is 26.2 Å². The van der Waals surface area contributed by atoms with E-state index < -0.39 is 0 Å². The number of nitrogens with zero attached hydrogens (tertiary/aromatic N) is 3. The van der Waals surface area contributed by atoms with Gasteiger partial charge in [0.05, 0.1) is 0 Å². The van der Waals surface area contributed by atoms with E-state index in [1.54, 1.807) is 0 Å². The molecule has 0 atom stereocenters. The van der Waals surface area contributed by atoms with Gasteiger partial charge in [0.25, 0.3) is 0 Å². The molecule has 1 aliphatic carbocycles. The molecular weight excluding hydrogens is 166 g/mol. The molecule has 1 aliphatic rings. The third-order valence-electron chi connectivity index (χ3n) is 2.75. The lowest BCUT2D eigenvalue weighted by molar-refractivity contribution is 0.290. The summed E-state index contributed by atoms with van der Waals surface area (Å²) in [5.41, 5.74) is 6.15. The second kappa shape index (κ2) is 3.41. The summed E-state index contributed by atoms with van der Waals surface area (Å²) in [6.45, 7) is 0. The van der Waals surface area contributed by atoms with Crippen molar-refractivity contribution in [3.8, 4) is 0 Å². The minimum absolute atomic E-state index is 0.0812. The van der Waals surface area contributed by atoms with Gasteiger partial charge in [-0.05, 0) is 12.8 Å². The molecular formula is C8H15N5. The summed E-state index contributed by atoms with van der Waals surface area (Å²) < 4.78 is 0. The maximum Gasteiger partial charge on any atom is 0.176 e. The lowest BCUT2D eigenvalue weighted by atomic mass is 9.80. The summed E-state index contributed by atoms with van der Waals surface area (Å²) in [7, 11) is 0. The van der Waals surface area contributed by atoms with Gasteiger partial charge in [-0.15, -0.1) is 10.2 Å². The van der Waals surface area contributed by atoms with E-state index in [0.29, 0.717) is 0 Å². The second-order valence-corrected chi connectivity index (χ2v) is 3.93. The standard InChI is InChI=1S/C8H15N5/c9-8(4-2-1-3-5-8)6-7-10-12-13-11-7/h1-6,9H2,(H,10,11,12,13). The van der Waals surface area contributed by atoms with Crippen molar-refractivity contribution >= 4 is 0 Å². The third kappa shape index (κ3) is 2.03. The minimum Gasteiger partial charge on any atom is -0.325 e. The smallest absolute Gasteiger partial charge is 0.176 e. The minimum atomic E-state index is -0.0812. The number of tetrazole rings is 1. The maximum atomic E-state index is 6.23. The van der Waals surface area contributed by atoms with E-state index in [1.165, 1.54) is 19.3 Å². The van der Waals surface area contributed by atoms with Crippen LogP contribution in [0.25, 0.3) is 0 Å². The molecule has 1 aromatic heterocycles. The third-order valence-corrected chi connectivity index (χ3v) is 2.75. The normalized spacial score (nSPS) is 21.6. The molecule has 1 saturated carbocycles. The molecule has 13 heavy (non-hydrogen) atoms. The Hall–Kier alpha value is -0.970. The first-order valence-corrected chi connectivity index (χ1v) is 4.80. The van der Waals surface area contributed by atoms with Gasteiger partial charge in [-0.25, -0.2) is 0 Å². The lowest BCUT2D eigenvalue weighted by Gasteiger charge is -2.32. The Morgan fingerprint density at radius 1 is 1.31 bits per heavy atom. The van der Waals surface area contributed by atoms with Crippen molar-refractivity contribution < 1.29 is 0 Å². The molecule has 3 N–H and O–H groups in total. The van der Waals surface area contributed by atoms with Gasteiger partial charge in [0.2, 0.25) is 0 Å². The van der Waals surface area contributed by atoms with E-state index in [9.17, 15) is 0 Å². The van der Waals surface area contributed by atoms with Gasteiger partial charge >= 0.3 is 0 Å². The molecule has 5 heteroatoms. The van der Waals surface area contributed by atoms with E-state index >= 15 is 0 Å². The molecule has 72 valence electrons. The van der Waals surface area contributed by atoms with Crippen molar-refractivity contribution in [2.24, 2.45) is 5.73 Å². The number of aromatic amines is 1. The zero-order valence-electron chi connectivity index (χ0n) is 7.66. The summed E-state index contributed by atoms with van der Waals surface area (Å²) in [6, 6.07) is 0. The Balaban J connectivity index is 1.99. The number of aromatic nitrogens is 4. The summed E-state index contributed by atoms with van der Waals surface area (Å²) in [5, 5.41) is 13.8. The first-order chi connectivity index (χ1) is 6.29. The van der Waals surface area contributed by atoms with E-state index in [4.69, 9.17) is 5.73 Å². The lowest BCUT2D eigenvalue weighted by Crippen LogP contribution is -2.44. The fourth-order valence-electron chi connectivity index (χ4n) is 2.00. The van der Waals surface area contributed by atoms with Crippen molar-refractivity contribution in [1.82, 2.24) is 20.6 Å². The number of hydrogen-bond acceptors (Lipinski definition) is 4. The van der Waals surface area contributed by atoms with E-state index in [-0.39, 0.29) is 5.54 Å². The van der Waals surface area contributed by atoms with Crippen LogP contribution in [0, 0.1) is 0 Å². The zero-order chi connectivity index (χ0) is 9.15. The molecule has 0 unspecified atom stereocenters.